The van der Waals surface area contributed by atoms with Crippen molar-refractivity contribution in [1.29, 1.82) is 0 Å². The Morgan fingerprint density at radius 3 is 2.61 bits per heavy atom. The topological polar surface area (TPSA) is 69.6 Å². The molecule has 7 heteroatoms. The summed E-state index contributed by atoms with van der Waals surface area (Å²) in [6.07, 6.45) is 1.51. The maximum absolute atomic E-state index is 12.0. The second-order valence-corrected chi connectivity index (χ2v) is 5.73. The molecule has 1 saturated heterocycles. The van der Waals surface area contributed by atoms with Crippen LogP contribution in [0.25, 0.3) is 0 Å². The molecule has 0 bridgehead atoms. The molecule has 0 atom stereocenters. The van der Waals surface area contributed by atoms with Crippen LogP contribution in [0, 0.1) is 0 Å². The van der Waals surface area contributed by atoms with Gasteiger partial charge >= 0.3 is 0 Å². The zero-order valence-corrected chi connectivity index (χ0v) is 11.5. The Bertz CT molecular complexity index is 394. The number of piperazine rings is 1. The lowest BCUT2D eigenvalue weighted by molar-refractivity contribution is 0.0177. The minimum absolute atomic E-state index is 0.0494. The fourth-order valence-corrected chi connectivity index (χ4v) is 2.48. The van der Waals surface area contributed by atoms with Gasteiger partial charge < -0.3 is 10.0 Å². The van der Waals surface area contributed by atoms with E-state index in [0.29, 0.717) is 25.3 Å². The molecule has 0 saturated carbocycles. The molecule has 1 N–H and O–H groups in total. The van der Waals surface area contributed by atoms with Crippen molar-refractivity contribution in [3.8, 4) is 0 Å². The van der Waals surface area contributed by atoms with Crippen LogP contribution in [0.2, 0.25) is 0 Å². The maximum atomic E-state index is 12.0. The monoisotopic (exact) mass is 270 g/mol. The van der Waals surface area contributed by atoms with Crippen molar-refractivity contribution in [2.45, 2.75) is 19.4 Å². The van der Waals surface area contributed by atoms with Gasteiger partial charge in [0.1, 0.15) is 0 Å². The Hall–Kier alpha value is -1.05. The van der Waals surface area contributed by atoms with E-state index in [-0.39, 0.29) is 5.91 Å². The minimum atomic E-state index is -0.689. The quantitative estimate of drug-likeness (QED) is 0.841. The lowest BCUT2D eigenvalue weighted by Crippen LogP contribution is -2.52. The molecule has 1 amide bonds. The fraction of sp³-hybridized carbons (Fsp3) is 0.727. The molecule has 0 aromatic carbocycles. The number of aromatic nitrogens is 2. The standard InChI is InChI=1S/C11H18N4O2S/c1-11(2,17)8-14-3-5-15(6-4-14)10(16)9-7-12-18-13-9/h7,17H,3-6,8H2,1-2H3. The van der Waals surface area contributed by atoms with Gasteiger partial charge in [-0.1, -0.05) is 0 Å². The third-order valence-corrected chi connectivity index (χ3v) is 3.33. The summed E-state index contributed by atoms with van der Waals surface area (Å²) in [5, 5.41) is 9.76. The highest BCUT2D eigenvalue weighted by Crippen LogP contribution is 2.10. The molecular formula is C11H18N4O2S. The Morgan fingerprint density at radius 2 is 2.11 bits per heavy atom. The van der Waals surface area contributed by atoms with Crippen LogP contribution in [0.4, 0.5) is 0 Å². The molecule has 1 aromatic heterocycles. The van der Waals surface area contributed by atoms with E-state index in [9.17, 15) is 9.90 Å². The van der Waals surface area contributed by atoms with Gasteiger partial charge in [0.05, 0.1) is 23.5 Å². The van der Waals surface area contributed by atoms with Gasteiger partial charge in [0.25, 0.3) is 5.91 Å². The van der Waals surface area contributed by atoms with Gasteiger partial charge in [0, 0.05) is 32.7 Å². The Kier molecular flexibility index (Phi) is 3.94. The average Bonchev–Trinajstić information content (AvgIpc) is 2.80. The normalized spacial score (nSPS) is 18.1. The average molecular weight is 270 g/mol. The van der Waals surface area contributed by atoms with Crippen LogP contribution in [0.3, 0.4) is 0 Å². The lowest BCUT2D eigenvalue weighted by Gasteiger charge is -2.36. The van der Waals surface area contributed by atoms with Crippen LogP contribution in [-0.2, 0) is 0 Å². The van der Waals surface area contributed by atoms with Gasteiger partial charge in [-0.2, -0.15) is 8.75 Å². The summed E-state index contributed by atoms with van der Waals surface area (Å²) < 4.78 is 7.80. The predicted molar refractivity (Wildman–Crippen MR) is 68.6 cm³/mol. The molecule has 1 aliphatic heterocycles. The molecule has 18 heavy (non-hydrogen) atoms. The van der Waals surface area contributed by atoms with E-state index in [1.165, 1.54) is 6.20 Å². The van der Waals surface area contributed by atoms with E-state index in [4.69, 9.17) is 0 Å². The first-order chi connectivity index (χ1) is 8.46. The lowest BCUT2D eigenvalue weighted by atomic mass is 10.1. The van der Waals surface area contributed by atoms with Crippen molar-refractivity contribution in [1.82, 2.24) is 18.5 Å². The molecule has 0 spiro atoms. The van der Waals surface area contributed by atoms with Gasteiger partial charge in [-0.3, -0.25) is 9.69 Å². The number of carbonyl (C=O) groups excluding carboxylic acids is 1. The van der Waals surface area contributed by atoms with E-state index in [1.54, 1.807) is 18.7 Å². The number of β-amino-alcohol motifs (C(OH)–C–C–N with tert-alkyl or cyclic N) is 1. The van der Waals surface area contributed by atoms with Crippen LogP contribution in [0.1, 0.15) is 24.3 Å². The molecule has 2 heterocycles. The molecule has 1 aromatic rings. The molecule has 0 aliphatic carbocycles. The third-order valence-electron chi connectivity index (χ3n) is 2.85. The number of carbonyl (C=O) groups is 1. The fourth-order valence-electron chi connectivity index (χ4n) is 2.08. The summed E-state index contributed by atoms with van der Waals surface area (Å²) in [6, 6.07) is 0. The van der Waals surface area contributed by atoms with Gasteiger partial charge in [-0.25, -0.2) is 0 Å². The summed E-state index contributed by atoms with van der Waals surface area (Å²) >= 11 is 1.05. The Balaban J connectivity index is 1.85. The molecule has 0 radical (unpaired) electrons. The molecule has 0 unspecified atom stereocenters. The Labute approximate surface area is 111 Å². The SMILES string of the molecule is CC(C)(O)CN1CCN(C(=O)c2cnsn2)CC1. The first kappa shape index (κ1) is 13.4. The summed E-state index contributed by atoms with van der Waals surface area (Å²) in [5.41, 5.74) is -0.263. The van der Waals surface area contributed by atoms with Gasteiger partial charge in [0.15, 0.2) is 5.69 Å². The van der Waals surface area contributed by atoms with Crippen LogP contribution in [0.15, 0.2) is 6.20 Å². The number of rotatable bonds is 3. The highest BCUT2D eigenvalue weighted by atomic mass is 32.1. The van der Waals surface area contributed by atoms with E-state index in [1.807, 2.05) is 0 Å². The molecule has 2 rings (SSSR count). The zero-order valence-electron chi connectivity index (χ0n) is 10.7. The first-order valence-corrected chi connectivity index (χ1v) is 6.70. The number of aliphatic hydroxyl groups is 1. The zero-order chi connectivity index (χ0) is 13.2. The molecule has 1 aliphatic rings. The molecule has 6 nitrogen and oxygen atoms in total. The van der Waals surface area contributed by atoms with E-state index in [0.717, 1.165) is 24.8 Å². The number of hydrogen-bond donors (Lipinski definition) is 1. The summed E-state index contributed by atoms with van der Waals surface area (Å²) in [7, 11) is 0. The number of hydrogen-bond acceptors (Lipinski definition) is 6. The Morgan fingerprint density at radius 1 is 1.44 bits per heavy atom. The summed E-state index contributed by atoms with van der Waals surface area (Å²) in [5.74, 6) is -0.0494. The van der Waals surface area contributed by atoms with Gasteiger partial charge in [-0.15, -0.1) is 0 Å². The highest BCUT2D eigenvalue weighted by Gasteiger charge is 2.26. The van der Waals surface area contributed by atoms with E-state index >= 15 is 0 Å². The van der Waals surface area contributed by atoms with Crippen LogP contribution in [-0.4, -0.2) is 67.9 Å². The first-order valence-electron chi connectivity index (χ1n) is 5.97. The molecular weight excluding hydrogens is 252 g/mol. The van der Waals surface area contributed by atoms with Gasteiger partial charge in [-0.05, 0) is 13.8 Å². The highest BCUT2D eigenvalue weighted by molar-refractivity contribution is 6.99. The van der Waals surface area contributed by atoms with Crippen molar-refractivity contribution in [2.75, 3.05) is 32.7 Å². The smallest absolute Gasteiger partial charge is 0.275 e. The van der Waals surface area contributed by atoms with Crippen LogP contribution >= 0.6 is 11.7 Å². The van der Waals surface area contributed by atoms with Crippen molar-refractivity contribution in [2.24, 2.45) is 0 Å². The summed E-state index contributed by atoms with van der Waals surface area (Å²) in [6.45, 7) is 7.14. The minimum Gasteiger partial charge on any atom is -0.389 e. The van der Waals surface area contributed by atoms with E-state index < -0.39 is 5.60 Å². The summed E-state index contributed by atoms with van der Waals surface area (Å²) in [4.78, 5) is 16.0. The van der Waals surface area contributed by atoms with Crippen molar-refractivity contribution in [3.05, 3.63) is 11.9 Å². The van der Waals surface area contributed by atoms with Gasteiger partial charge in [0.2, 0.25) is 0 Å². The third kappa shape index (κ3) is 3.47. The van der Waals surface area contributed by atoms with Crippen molar-refractivity contribution < 1.29 is 9.90 Å². The maximum Gasteiger partial charge on any atom is 0.275 e. The van der Waals surface area contributed by atoms with Crippen molar-refractivity contribution in [3.63, 3.8) is 0 Å². The second kappa shape index (κ2) is 5.29. The predicted octanol–water partition coefficient (Wildman–Crippen LogP) is 0.0668. The molecule has 100 valence electrons. The largest absolute Gasteiger partial charge is 0.389 e. The van der Waals surface area contributed by atoms with Crippen LogP contribution < -0.4 is 0 Å². The number of nitrogens with zero attached hydrogens (tertiary/aromatic N) is 4. The van der Waals surface area contributed by atoms with E-state index in [2.05, 4.69) is 13.6 Å². The second-order valence-electron chi connectivity index (χ2n) is 5.17. The van der Waals surface area contributed by atoms with Crippen LogP contribution in [0.5, 0.6) is 0 Å². The molecule has 1 fully saturated rings. The number of amides is 1. The van der Waals surface area contributed by atoms with Crippen molar-refractivity contribution >= 4 is 17.6 Å².